The smallest absolute Gasteiger partial charge is 0.0485 e. The Morgan fingerprint density at radius 2 is 1.19 bits per heavy atom. The summed E-state index contributed by atoms with van der Waals surface area (Å²) in [5.41, 5.74) is 7.15. The molecule has 2 heterocycles. The van der Waals surface area contributed by atoms with Gasteiger partial charge < -0.3 is 15.3 Å². The van der Waals surface area contributed by atoms with E-state index in [0.717, 1.165) is 11.4 Å². The number of aromatic amines is 2. The molecule has 21 heavy (non-hydrogen) atoms. The molecule has 3 N–H and O–H groups in total. The largest absolute Gasteiger partial charge is 0.361 e. The number of aromatic nitrogens is 2. The molecular weight excluding hydrogens is 258 g/mol. The van der Waals surface area contributed by atoms with Gasteiger partial charge in [-0.1, -0.05) is 0 Å². The minimum Gasteiger partial charge on any atom is -0.361 e. The van der Waals surface area contributed by atoms with Crippen LogP contribution in [0.3, 0.4) is 0 Å². The van der Waals surface area contributed by atoms with Gasteiger partial charge in [-0.3, -0.25) is 0 Å². The minimum absolute atomic E-state index is 1.12. The topological polar surface area (TPSA) is 43.6 Å². The number of hydrogen-bond acceptors (Lipinski definition) is 1. The highest BCUT2D eigenvalue weighted by molar-refractivity contribution is 5.89. The van der Waals surface area contributed by atoms with E-state index in [1.54, 1.807) is 0 Å². The molecule has 0 radical (unpaired) electrons. The molecule has 2 aromatic carbocycles. The van der Waals surface area contributed by atoms with E-state index in [1.165, 1.54) is 32.9 Å². The highest BCUT2D eigenvalue weighted by Crippen LogP contribution is 2.28. The molecule has 0 spiro atoms. The molecule has 0 amide bonds. The van der Waals surface area contributed by atoms with Crippen LogP contribution in [0.25, 0.3) is 21.8 Å². The molecule has 4 rings (SSSR count). The Bertz CT molecular complexity index is 866. The third-order valence-electron chi connectivity index (χ3n) is 4.00. The van der Waals surface area contributed by atoms with Crippen molar-refractivity contribution in [1.29, 1.82) is 0 Å². The highest BCUT2D eigenvalue weighted by Gasteiger charge is 2.05. The number of H-pyrrole nitrogens is 2. The Morgan fingerprint density at radius 3 is 1.67 bits per heavy atom. The molecule has 104 valence electrons. The lowest BCUT2D eigenvalue weighted by atomic mass is 10.1. The van der Waals surface area contributed by atoms with Crippen LogP contribution in [0.5, 0.6) is 0 Å². The van der Waals surface area contributed by atoms with Crippen molar-refractivity contribution >= 4 is 33.2 Å². The summed E-state index contributed by atoms with van der Waals surface area (Å²) >= 11 is 0. The third-order valence-corrected chi connectivity index (χ3v) is 4.00. The number of nitrogens with one attached hydrogen (secondary N) is 3. The lowest BCUT2D eigenvalue weighted by molar-refractivity contribution is 1.40. The predicted octanol–water partition coefficient (Wildman–Crippen LogP) is 5.01. The van der Waals surface area contributed by atoms with Crippen LogP contribution in [0, 0.1) is 13.8 Å². The fourth-order valence-electron chi connectivity index (χ4n) is 3.03. The van der Waals surface area contributed by atoms with Gasteiger partial charge in [0.25, 0.3) is 0 Å². The van der Waals surface area contributed by atoms with Gasteiger partial charge in [0, 0.05) is 45.6 Å². The van der Waals surface area contributed by atoms with E-state index < -0.39 is 0 Å². The number of rotatable bonds is 2. The number of benzene rings is 2. The summed E-state index contributed by atoms with van der Waals surface area (Å²) in [4.78, 5) is 6.55. The highest BCUT2D eigenvalue weighted by atomic mass is 14.9. The maximum Gasteiger partial charge on any atom is 0.0485 e. The Morgan fingerprint density at radius 1 is 0.714 bits per heavy atom. The summed E-state index contributed by atoms with van der Waals surface area (Å²) in [6.07, 6.45) is 3.97. The van der Waals surface area contributed by atoms with Crippen LogP contribution >= 0.6 is 0 Å². The molecule has 0 fully saturated rings. The first-order valence-corrected chi connectivity index (χ1v) is 7.13. The van der Waals surface area contributed by atoms with Gasteiger partial charge in [-0.15, -0.1) is 0 Å². The first kappa shape index (κ1) is 12.1. The quantitative estimate of drug-likeness (QED) is 0.473. The Kier molecular flexibility index (Phi) is 2.54. The van der Waals surface area contributed by atoms with E-state index in [9.17, 15) is 0 Å². The van der Waals surface area contributed by atoms with E-state index in [4.69, 9.17) is 0 Å². The number of aryl methyl sites for hydroxylation is 2. The van der Waals surface area contributed by atoms with Gasteiger partial charge in [0.2, 0.25) is 0 Å². The summed E-state index contributed by atoms with van der Waals surface area (Å²) in [6.45, 7) is 4.26. The average molecular weight is 275 g/mol. The van der Waals surface area contributed by atoms with Crippen LogP contribution in [0.1, 0.15) is 11.1 Å². The van der Waals surface area contributed by atoms with Crippen molar-refractivity contribution in [1.82, 2.24) is 9.97 Å². The van der Waals surface area contributed by atoms with Crippen LogP contribution in [0.2, 0.25) is 0 Å². The summed E-state index contributed by atoms with van der Waals surface area (Å²) < 4.78 is 0. The van der Waals surface area contributed by atoms with Gasteiger partial charge in [0.1, 0.15) is 0 Å². The molecule has 0 aliphatic carbocycles. The molecule has 2 aromatic heterocycles. The van der Waals surface area contributed by atoms with Gasteiger partial charge >= 0.3 is 0 Å². The van der Waals surface area contributed by atoms with Crippen molar-refractivity contribution in [3.63, 3.8) is 0 Å². The molecule has 0 aliphatic rings. The lowest BCUT2D eigenvalue weighted by Gasteiger charge is -2.10. The summed E-state index contributed by atoms with van der Waals surface area (Å²) in [6, 6.07) is 12.9. The van der Waals surface area contributed by atoms with Gasteiger partial charge in [0.05, 0.1) is 0 Å². The zero-order valence-electron chi connectivity index (χ0n) is 12.1. The number of hydrogen-bond donors (Lipinski definition) is 3. The van der Waals surface area contributed by atoms with Crippen molar-refractivity contribution in [2.75, 3.05) is 5.32 Å². The summed E-state index contributed by atoms with van der Waals surface area (Å²) in [7, 11) is 0. The monoisotopic (exact) mass is 275 g/mol. The third kappa shape index (κ3) is 1.98. The van der Waals surface area contributed by atoms with Crippen molar-refractivity contribution in [3.05, 3.63) is 59.9 Å². The lowest BCUT2D eigenvalue weighted by Crippen LogP contribution is -1.92. The molecule has 0 bridgehead atoms. The maximum atomic E-state index is 3.52. The van der Waals surface area contributed by atoms with E-state index >= 15 is 0 Å². The van der Waals surface area contributed by atoms with Crippen molar-refractivity contribution in [3.8, 4) is 0 Å². The molecule has 0 saturated heterocycles. The fraction of sp³-hybridized carbons (Fsp3) is 0.111. The second-order valence-electron chi connectivity index (χ2n) is 5.60. The van der Waals surface area contributed by atoms with Gasteiger partial charge in [-0.25, -0.2) is 0 Å². The summed E-state index contributed by atoms with van der Waals surface area (Å²) in [5, 5.41) is 5.99. The van der Waals surface area contributed by atoms with Gasteiger partial charge in [-0.05, 0) is 61.4 Å². The Labute approximate surface area is 123 Å². The second-order valence-corrected chi connectivity index (χ2v) is 5.60. The van der Waals surface area contributed by atoms with E-state index in [-0.39, 0.29) is 0 Å². The molecule has 4 aromatic rings. The van der Waals surface area contributed by atoms with Crippen LogP contribution in [0.4, 0.5) is 11.4 Å². The molecule has 0 aliphatic heterocycles. The minimum atomic E-state index is 1.12. The molecular formula is C18H17N3. The number of fused-ring (bicyclic) bond motifs is 2. The zero-order chi connectivity index (χ0) is 14.4. The maximum absolute atomic E-state index is 3.52. The first-order valence-electron chi connectivity index (χ1n) is 7.13. The standard InChI is InChI=1S/C18H17N3/c1-11-7-15(9-13-3-5-19-17(11)13)21-16-8-12(2)18-14(10-16)4-6-20-18/h3-10,19-21H,1-2H3. The van der Waals surface area contributed by atoms with Crippen molar-refractivity contribution in [2.45, 2.75) is 13.8 Å². The second kappa shape index (κ2) is 4.42. The first-order chi connectivity index (χ1) is 10.2. The Balaban J connectivity index is 1.78. The van der Waals surface area contributed by atoms with Crippen LogP contribution < -0.4 is 5.32 Å². The molecule has 0 atom stereocenters. The van der Waals surface area contributed by atoms with Crippen molar-refractivity contribution < 1.29 is 0 Å². The SMILES string of the molecule is Cc1cc(Nc2cc(C)c3[nH]ccc3c2)cc2cc[nH]c12. The molecule has 0 unspecified atom stereocenters. The molecule has 3 heteroatoms. The average Bonchev–Trinajstić information content (AvgIpc) is 3.07. The normalized spacial score (nSPS) is 11.3. The molecule has 3 nitrogen and oxygen atoms in total. The van der Waals surface area contributed by atoms with Gasteiger partial charge in [-0.2, -0.15) is 0 Å². The molecule has 0 saturated carbocycles. The number of anilines is 2. The summed E-state index contributed by atoms with van der Waals surface area (Å²) in [5.74, 6) is 0. The fourth-order valence-corrected chi connectivity index (χ4v) is 3.03. The van der Waals surface area contributed by atoms with E-state index in [0.29, 0.717) is 0 Å². The van der Waals surface area contributed by atoms with E-state index in [1.807, 2.05) is 12.4 Å². The van der Waals surface area contributed by atoms with Crippen LogP contribution in [0.15, 0.2) is 48.8 Å². The van der Waals surface area contributed by atoms with Crippen LogP contribution in [-0.4, -0.2) is 9.97 Å². The van der Waals surface area contributed by atoms with Crippen LogP contribution in [-0.2, 0) is 0 Å². The van der Waals surface area contributed by atoms with E-state index in [2.05, 4.69) is 65.5 Å². The predicted molar refractivity (Wildman–Crippen MR) is 89.4 cm³/mol. The van der Waals surface area contributed by atoms with Gasteiger partial charge in [0.15, 0.2) is 0 Å². The zero-order valence-corrected chi connectivity index (χ0v) is 12.1. The van der Waals surface area contributed by atoms with Crippen molar-refractivity contribution in [2.24, 2.45) is 0 Å². The Hall–Kier alpha value is -2.68.